The van der Waals surface area contributed by atoms with Gasteiger partial charge in [0, 0.05) is 22.5 Å². The Morgan fingerprint density at radius 1 is 1.04 bits per heavy atom. The lowest BCUT2D eigenvalue weighted by molar-refractivity contribution is 0.102. The van der Waals surface area contributed by atoms with Gasteiger partial charge in [-0.25, -0.2) is 9.97 Å². The highest BCUT2D eigenvalue weighted by Gasteiger charge is 2.12. The van der Waals surface area contributed by atoms with Gasteiger partial charge in [-0.2, -0.15) is 0 Å². The molecule has 0 bridgehead atoms. The van der Waals surface area contributed by atoms with E-state index < -0.39 is 0 Å². The Bertz CT molecular complexity index is 974. The van der Waals surface area contributed by atoms with E-state index >= 15 is 0 Å². The maximum atomic E-state index is 12.6. The first-order valence-corrected chi connectivity index (χ1v) is 8.66. The number of aromatic nitrogens is 2. The van der Waals surface area contributed by atoms with E-state index in [1.807, 2.05) is 37.3 Å². The van der Waals surface area contributed by atoms with Crippen LogP contribution in [-0.2, 0) is 0 Å². The number of amides is 1. The van der Waals surface area contributed by atoms with Gasteiger partial charge >= 0.3 is 0 Å². The molecule has 2 N–H and O–H groups in total. The average Bonchev–Trinajstić information content (AvgIpc) is 2.65. The molecular formula is C20H19ClN4O2. The van der Waals surface area contributed by atoms with Gasteiger partial charge in [-0.15, -0.1) is 0 Å². The van der Waals surface area contributed by atoms with Gasteiger partial charge < -0.3 is 15.4 Å². The fourth-order valence-electron chi connectivity index (χ4n) is 2.49. The number of rotatable bonds is 5. The molecule has 1 amide bonds. The van der Waals surface area contributed by atoms with Crippen LogP contribution in [0.15, 0.2) is 48.5 Å². The summed E-state index contributed by atoms with van der Waals surface area (Å²) in [6.45, 7) is 3.63. The lowest BCUT2D eigenvalue weighted by atomic mass is 10.2. The number of anilines is 3. The molecule has 6 nitrogen and oxygen atoms in total. The summed E-state index contributed by atoms with van der Waals surface area (Å²) in [5, 5.41) is 6.56. The first-order chi connectivity index (χ1) is 12.9. The fraction of sp³-hybridized carbons (Fsp3) is 0.150. The molecule has 0 saturated carbocycles. The van der Waals surface area contributed by atoms with Gasteiger partial charge in [0.25, 0.3) is 5.91 Å². The monoisotopic (exact) mass is 382 g/mol. The maximum absolute atomic E-state index is 12.6. The molecule has 0 radical (unpaired) electrons. The van der Waals surface area contributed by atoms with Gasteiger partial charge in [-0.1, -0.05) is 17.7 Å². The summed E-state index contributed by atoms with van der Waals surface area (Å²) in [4.78, 5) is 21.2. The largest absolute Gasteiger partial charge is 0.497 e. The molecule has 0 aliphatic rings. The van der Waals surface area contributed by atoms with Crippen LogP contribution in [0.4, 0.5) is 17.2 Å². The van der Waals surface area contributed by atoms with E-state index in [1.165, 1.54) is 0 Å². The molecule has 1 heterocycles. The first kappa shape index (κ1) is 18.7. The normalized spacial score (nSPS) is 10.4. The van der Waals surface area contributed by atoms with Gasteiger partial charge in [-0.05, 0) is 55.8 Å². The molecule has 138 valence electrons. The Hall–Kier alpha value is -3.12. The third kappa shape index (κ3) is 4.74. The summed E-state index contributed by atoms with van der Waals surface area (Å²) in [6, 6.07) is 14.3. The van der Waals surface area contributed by atoms with Crippen LogP contribution < -0.4 is 15.4 Å². The van der Waals surface area contributed by atoms with E-state index in [4.69, 9.17) is 16.3 Å². The number of ether oxygens (including phenoxy) is 1. The number of halogens is 1. The summed E-state index contributed by atoms with van der Waals surface area (Å²) < 4.78 is 5.15. The summed E-state index contributed by atoms with van der Waals surface area (Å²) >= 11 is 6.01. The number of benzene rings is 2. The molecule has 0 aliphatic carbocycles. The molecule has 1 aromatic heterocycles. The van der Waals surface area contributed by atoms with Crippen LogP contribution in [0, 0.1) is 13.8 Å². The molecule has 3 rings (SSSR count). The predicted molar refractivity (Wildman–Crippen MR) is 107 cm³/mol. The minimum atomic E-state index is -0.330. The van der Waals surface area contributed by atoms with E-state index in [0.29, 0.717) is 22.4 Å². The molecule has 0 atom stereocenters. The topological polar surface area (TPSA) is 76.1 Å². The van der Waals surface area contributed by atoms with Crippen molar-refractivity contribution in [2.24, 2.45) is 0 Å². The van der Waals surface area contributed by atoms with Gasteiger partial charge in [-0.3, -0.25) is 4.79 Å². The molecular weight excluding hydrogens is 364 g/mol. The number of methoxy groups -OCH3 is 1. The van der Waals surface area contributed by atoms with Gasteiger partial charge in [0.15, 0.2) is 0 Å². The number of nitrogens with zero attached hydrogens (tertiary/aromatic N) is 2. The van der Waals surface area contributed by atoms with Crippen molar-refractivity contribution in [2.75, 3.05) is 17.7 Å². The summed E-state index contributed by atoms with van der Waals surface area (Å²) in [5.74, 6) is 1.45. The molecule has 27 heavy (non-hydrogen) atoms. The van der Waals surface area contributed by atoms with Crippen LogP contribution in [0.1, 0.15) is 21.9 Å². The van der Waals surface area contributed by atoms with Crippen molar-refractivity contribution in [3.8, 4) is 5.75 Å². The minimum absolute atomic E-state index is 0.262. The maximum Gasteiger partial charge on any atom is 0.274 e. The molecule has 0 spiro atoms. The SMILES string of the molecule is COc1ccc(Nc2cc(C(=O)Nc3cc(Cl)ccc3C)nc(C)n2)cc1. The Labute approximate surface area is 162 Å². The van der Waals surface area contributed by atoms with E-state index in [9.17, 15) is 4.79 Å². The first-order valence-electron chi connectivity index (χ1n) is 8.29. The Morgan fingerprint density at radius 3 is 2.48 bits per heavy atom. The third-order valence-corrected chi connectivity index (χ3v) is 4.12. The number of carbonyl (C=O) groups is 1. The van der Waals surface area contributed by atoms with Crippen LogP contribution in [0.2, 0.25) is 5.02 Å². The van der Waals surface area contributed by atoms with Gasteiger partial charge in [0.1, 0.15) is 23.1 Å². The lowest BCUT2D eigenvalue weighted by Gasteiger charge is -2.11. The highest BCUT2D eigenvalue weighted by atomic mass is 35.5. The lowest BCUT2D eigenvalue weighted by Crippen LogP contribution is -2.16. The quantitative estimate of drug-likeness (QED) is 0.665. The zero-order valence-electron chi connectivity index (χ0n) is 15.2. The van der Waals surface area contributed by atoms with Crippen molar-refractivity contribution in [1.29, 1.82) is 0 Å². The molecule has 7 heteroatoms. The molecule has 3 aromatic rings. The average molecular weight is 383 g/mol. The molecule has 0 saturated heterocycles. The highest BCUT2D eigenvalue weighted by molar-refractivity contribution is 6.31. The van der Waals surface area contributed by atoms with Crippen molar-refractivity contribution < 1.29 is 9.53 Å². The van der Waals surface area contributed by atoms with Crippen LogP contribution in [0.3, 0.4) is 0 Å². The molecule has 0 aliphatic heterocycles. The molecule has 0 fully saturated rings. The fourth-order valence-corrected chi connectivity index (χ4v) is 2.66. The highest BCUT2D eigenvalue weighted by Crippen LogP contribution is 2.22. The Kier molecular flexibility index (Phi) is 5.57. The summed E-state index contributed by atoms with van der Waals surface area (Å²) in [5.41, 5.74) is 2.65. The van der Waals surface area contributed by atoms with E-state index in [2.05, 4.69) is 20.6 Å². The second-order valence-electron chi connectivity index (χ2n) is 5.95. The van der Waals surface area contributed by atoms with E-state index in [0.717, 1.165) is 17.0 Å². The number of hydrogen-bond acceptors (Lipinski definition) is 5. The van der Waals surface area contributed by atoms with Gasteiger partial charge in [0.2, 0.25) is 0 Å². The van der Waals surface area contributed by atoms with Crippen molar-refractivity contribution in [1.82, 2.24) is 9.97 Å². The van der Waals surface area contributed by atoms with Crippen LogP contribution in [0.5, 0.6) is 5.75 Å². The number of hydrogen-bond donors (Lipinski definition) is 2. The second-order valence-corrected chi connectivity index (χ2v) is 6.39. The Balaban J connectivity index is 1.81. The van der Waals surface area contributed by atoms with Crippen molar-refractivity contribution in [2.45, 2.75) is 13.8 Å². The second kappa shape index (κ2) is 8.05. The van der Waals surface area contributed by atoms with Crippen LogP contribution in [-0.4, -0.2) is 23.0 Å². The van der Waals surface area contributed by atoms with E-state index in [-0.39, 0.29) is 11.6 Å². The zero-order chi connectivity index (χ0) is 19.4. The summed E-state index contributed by atoms with van der Waals surface area (Å²) in [7, 11) is 1.61. The smallest absolute Gasteiger partial charge is 0.274 e. The third-order valence-electron chi connectivity index (χ3n) is 3.88. The van der Waals surface area contributed by atoms with Crippen molar-refractivity contribution >= 4 is 34.7 Å². The number of carbonyl (C=O) groups excluding carboxylic acids is 1. The standard InChI is InChI=1S/C20H19ClN4O2/c1-12-4-5-14(21)10-17(12)25-20(26)18-11-19(23-13(2)22-18)24-15-6-8-16(27-3)9-7-15/h4-11H,1-3H3,(H,25,26)(H,22,23,24). The van der Waals surface area contributed by atoms with Crippen molar-refractivity contribution in [3.63, 3.8) is 0 Å². The van der Waals surface area contributed by atoms with Crippen LogP contribution in [0.25, 0.3) is 0 Å². The molecule has 2 aromatic carbocycles. The van der Waals surface area contributed by atoms with Gasteiger partial charge in [0.05, 0.1) is 7.11 Å². The number of nitrogens with one attached hydrogen (secondary N) is 2. The van der Waals surface area contributed by atoms with Crippen molar-refractivity contribution in [3.05, 3.63) is 70.6 Å². The molecule has 0 unspecified atom stereocenters. The zero-order valence-corrected chi connectivity index (χ0v) is 16.0. The number of aryl methyl sites for hydroxylation is 2. The predicted octanol–water partition coefficient (Wildman–Crippen LogP) is 4.75. The Morgan fingerprint density at radius 2 is 1.78 bits per heavy atom. The minimum Gasteiger partial charge on any atom is -0.497 e. The summed E-state index contributed by atoms with van der Waals surface area (Å²) in [6.07, 6.45) is 0. The van der Waals surface area contributed by atoms with Crippen LogP contribution >= 0.6 is 11.6 Å². The van der Waals surface area contributed by atoms with E-state index in [1.54, 1.807) is 32.2 Å².